The summed E-state index contributed by atoms with van der Waals surface area (Å²) in [6, 6.07) is 17.7. The first-order valence-corrected chi connectivity index (χ1v) is 13.8. The molecule has 2 aromatic carbocycles. The first-order chi connectivity index (χ1) is 16.9. The molecule has 5 rings (SSSR count). The van der Waals surface area contributed by atoms with Crippen molar-refractivity contribution in [2.45, 2.75) is 42.5 Å². The third-order valence-corrected chi connectivity index (χ3v) is 9.22. The summed E-state index contributed by atoms with van der Waals surface area (Å²) in [6.07, 6.45) is 7.48. The van der Waals surface area contributed by atoms with Crippen molar-refractivity contribution in [2.24, 2.45) is 7.05 Å². The molecule has 0 radical (unpaired) electrons. The first kappa shape index (κ1) is 26.7. The van der Waals surface area contributed by atoms with E-state index in [1.54, 1.807) is 14.1 Å². The van der Waals surface area contributed by atoms with E-state index in [2.05, 4.69) is 52.5 Å². The van der Waals surface area contributed by atoms with Gasteiger partial charge in [-0.15, -0.1) is 12.4 Å². The minimum Gasteiger partial charge on any atom is -0.492 e. The molecule has 0 bridgehead atoms. The molecule has 0 spiro atoms. The van der Waals surface area contributed by atoms with E-state index in [4.69, 9.17) is 4.74 Å². The van der Waals surface area contributed by atoms with E-state index in [1.165, 1.54) is 64.0 Å². The topological polar surface area (TPSA) is 67.7 Å². The number of rotatable bonds is 9. The summed E-state index contributed by atoms with van der Waals surface area (Å²) in [7, 11) is -0.299. The molecule has 2 aliphatic rings. The van der Waals surface area contributed by atoms with Gasteiger partial charge in [0.1, 0.15) is 17.3 Å². The third kappa shape index (κ3) is 5.62. The van der Waals surface area contributed by atoms with E-state index in [0.717, 1.165) is 18.6 Å². The minimum atomic E-state index is -3.58. The smallest absolute Gasteiger partial charge is 0.246 e. The summed E-state index contributed by atoms with van der Waals surface area (Å²) in [4.78, 5) is 2.83. The van der Waals surface area contributed by atoms with Crippen LogP contribution in [-0.2, 0) is 29.9 Å². The van der Waals surface area contributed by atoms with Crippen molar-refractivity contribution < 1.29 is 13.2 Å². The van der Waals surface area contributed by atoms with Crippen molar-refractivity contribution in [3.05, 3.63) is 77.6 Å². The van der Waals surface area contributed by atoms with Gasteiger partial charge >= 0.3 is 0 Å². The molecule has 1 aliphatic carbocycles. The fourth-order valence-corrected chi connectivity index (χ4v) is 6.44. The number of benzene rings is 2. The molecule has 0 amide bonds. The molecule has 2 atom stereocenters. The average molecular weight is 531 g/mol. The molecule has 7 nitrogen and oxygen atoms in total. The highest BCUT2D eigenvalue weighted by molar-refractivity contribution is 7.89. The van der Waals surface area contributed by atoms with E-state index in [-0.39, 0.29) is 30.5 Å². The lowest BCUT2D eigenvalue weighted by molar-refractivity contribution is 0.0876. The number of hydrogen-bond acceptors (Lipinski definition) is 5. The maximum Gasteiger partial charge on any atom is 0.246 e. The molecule has 2 unspecified atom stereocenters. The van der Waals surface area contributed by atoms with Crippen LogP contribution in [0.1, 0.15) is 35.4 Å². The number of sulfonamides is 1. The molecule has 3 aromatic rings. The Morgan fingerprint density at radius 1 is 1.14 bits per heavy atom. The second-order valence-electron chi connectivity index (χ2n) is 9.68. The molecule has 1 saturated heterocycles. The molecule has 194 valence electrons. The van der Waals surface area contributed by atoms with Crippen LogP contribution in [0.2, 0.25) is 0 Å². The molecule has 2 heterocycles. The third-order valence-electron chi connectivity index (χ3n) is 7.41. The van der Waals surface area contributed by atoms with Crippen LogP contribution in [0.15, 0.2) is 65.8 Å². The van der Waals surface area contributed by atoms with Crippen molar-refractivity contribution in [3.8, 4) is 5.75 Å². The molecular weight excluding hydrogens is 496 g/mol. The standard InChI is InChI=1S/C27H34N4O3S.ClH/c1-29-20-24(19-28-29)35(32,33)30(2)15-16-34-23-11-9-22-10-12-27(31-13-6-14-31)26(25(22)18-23)17-21-7-4-3-5-8-21;/h3-5,7-9,11,18-20,26-27H,6,10,12-17H2,1-2H3;1H. The van der Waals surface area contributed by atoms with Gasteiger partial charge in [-0.25, -0.2) is 8.42 Å². The molecule has 36 heavy (non-hydrogen) atoms. The van der Waals surface area contributed by atoms with Gasteiger partial charge in [-0.2, -0.15) is 9.40 Å². The Balaban J connectivity index is 0.00000304. The van der Waals surface area contributed by atoms with Crippen molar-refractivity contribution in [1.29, 1.82) is 0 Å². The summed E-state index contributed by atoms with van der Waals surface area (Å²) in [6.45, 7) is 2.93. The minimum absolute atomic E-state index is 0. The number of ether oxygens (including phenoxy) is 1. The second-order valence-corrected chi connectivity index (χ2v) is 11.7. The molecular formula is C27H35ClN4O3S. The van der Waals surface area contributed by atoms with Crippen molar-refractivity contribution >= 4 is 22.4 Å². The van der Waals surface area contributed by atoms with Crippen LogP contribution in [0, 0.1) is 0 Å². The quantitative estimate of drug-likeness (QED) is 0.420. The maximum absolute atomic E-state index is 12.7. The van der Waals surface area contributed by atoms with Gasteiger partial charge in [0.25, 0.3) is 0 Å². The van der Waals surface area contributed by atoms with E-state index in [9.17, 15) is 8.42 Å². The van der Waals surface area contributed by atoms with Gasteiger partial charge in [0, 0.05) is 38.8 Å². The number of hydrogen-bond donors (Lipinski definition) is 0. The highest BCUT2D eigenvalue weighted by Gasteiger charge is 2.36. The van der Waals surface area contributed by atoms with Gasteiger partial charge in [0.2, 0.25) is 10.0 Å². The maximum atomic E-state index is 12.7. The van der Waals surface area contributed by atoms with Gasteiger partial charge in [-0.05, 0) is 67.6 Å². The number of aromatic nitrogens is 2. The summed E-state index contributed by atoms with van der Waals surface area (Å²) in [5.74, 6) is 1.23. The Morgan fingerprint density at radius 3 is 2.58 bits per heavy atom. The van der Waals surface area contributed by atoms with Crippen LogP contribution in [0.4, 0.5) is 0 Å². The number of halogens is 1. The van der Waals surface area contributed by atoms with Gasteiger partial charge < -0.3 is 4.74 Å². The molecule has 0 N–H and O–H groups in total. The fourth-order valence-electron chi connectivity index (χ4n) is 5.30. The molecule has 1 fully saturated rings. The largest absolute Gasteiger partial charge is 0.492 e. The normalized spacial score (nSPS) is 19.9. The Labute approximate surface area is 220 Å². The van der Waals surface area contributed by atoms with Crippen molar-refractivity contribution in [3.63, 3.8) is 0 Å². The average Bonchev–Trinajstić information content (AvgIpc) is 3.27. The number of fused-ring (bicyclic) bond motifs is 1. The van der Waals surface area contributed by atoms with E-state index < -0.39 is 10.0 Å². The SMILES string of the molecule is CN(CCOc1ccc2c(c1)C(Cc1ccccc1)C(N1CCC1)CC2)S(=O)(=O)c1cnn(C)c1.Cl. The molecule has 1 aromatic heterocycles. The van der Waals surface area contributed by atoms with E-state index in [0.29, 0.717) is 12.0 Å². The number of aryl methyl sites for hydroxylation is 2. The Kier molecular flexibility index (Phi) is 8.40. The number of likely N-dealkylation sites (tertiary alicyclic amines) is 1. The Hall–Kier alpha value is -2.39. The predicted molar refractivity (Wildman–Crippen MR) is 143 cm³/mol. The Bertz CT molecular complexity index is 1260. The Morgan fingerprint density at radius 2 is 1.92 bits per heavy atom. The van der Waals surface area contributed by atoms with Gasteiger partial charge in [-0.3, -0.25) is 9.58 Å². The van der Waals surface area contributed by atoms with Crippen LogP contribution in [0.25, 0.3) is 0 Å². The zero-order valence-electron chi connectivity index (χ0n) is 20.9. The zero-order valence-corrected chi connectivity index (χ0v) is 22.5. The molecule has 0 saturated carbocycles. The highest BCUT2D eigenvalue weighted by Crippen LogP contribution is 2.40. The van der Waals surface area contributed by atoms with Crippen LogP contribution in [0.3, 0.4) is 0 Å². The van der Waals surface area contributed by atoms with Crippen molar-refractivity contribution in [1.82, 2.24) is 19.0 Å². The van der Waals surface area contributed by atoms with Gasteiger partial charge in [0.05, 0.1) is 6.20 Å². The predicted octanol–water partition coefficient (Wildman–Crippen LogP) is 3.89. The lowest BCUT2D eigenvalue weighted by atomic mass is 9.75. The summed E-state index contributed by atoms with van der Waals surface area (Å²) in [5.41, 5.74) is 4.15. The number of nitrogens with zero attached hydrogens (tertiary/aromatic N) is 4. The van der Waals surface area contributed by atoms with Crippen LogP contribution in [0.5, 0.6) is 5.75 Å². The van der Waals surface area contributed by atoms with Gasteiger partial charge in [0.15, 0.2) is 0 Å². The van der Waals surface area contributed by atoms with Crippen LogP contribution < -0.4 is 4.74 Å². The van der Waals surface area contributed by atoms with Crippen molar-refractivity contribution in [2.75, 3.05) is 33.3 Å². The monoisotopic (exact) mass is 530 g/mol. The van der Waals surface area contributed by atoms with E-state index >= 15 is 0 Å². The summed E-state index contributed by atoms with van der Waals surface area (Å²) in [5, 5.41) is 3.98. The lowest BCUT2D eigenvalue weighted by Crippen LogP contribution is -2.49. The second kappa shape index (κ2) is 11.3. The molecule has 9 heteroatoms. The first-order valence-electron chi connectivity index (χ1n) is 12.4. The lowest BCUT2D eigenvalue weighted by Gasteiger charge is -2.45. The fraction of sp³-hybridized carbons (Fsp3) is 0.444. The number of likely N-dealkylation sites (N-methyl/N-ethyl adjacent to an activating group) is 1. The molecule has 1 aliphatic heterocycles. The van der Waals surface area contributed by atoms with E-state index in [1.807, 2.05) is 6.07 Å². The summed E-state index contributed by atoms with van der Waals surface area (Å²) < 4.78 is 34.4. The highest BCUT2D eigenvalue weighted by atomic mass is 35.5. The zero-order chi connectivity index (χ0) is 24.4. The van der Waals surface area contributed by atoms with Gasteiger partial charge in [-0.1, -0.05) is 36.4 Å². The summed E-state index contributed by atoms with van der Waals surface area (Å²) >= 11 is 0. The van der Waals surface area contributed by atoms with Crippen LogP contribution in [-0.4, -0.2) is 66.7 Å². The van der Waals surface area contributed by atoms with Crippen LogP contribution >= 0.6 is 12.4 Å².